The van der Waals surface area contributed by atoms with Crippen LogP contribution >= 0.6 is 0 Å². The van der Waals surface area contributed by atoms with Gasteiger partial charge in [0.05, 0.1) is 11.3 Å². The second-order valence-electron chi connectivity index (χ2n) is 6.88. The summed E-state index contributed by atoms with van der Waals surface area (Å²) >= 11 is 0. The van der Waals surface area contributed by atoms with Gasteiger partial charge in [0.25, 0.3) is 0 Å². The third-order valence-electron chi connectivity index (χ3n) is 4.73. The van der Waals surface area contributed by atoms with Gasteiger partial charge in [-0.3, -0.25) is 4.79 Å². The lowest BCUT2D eigenvalue weighted by Crippen LogP contribution is -2.16. The van der Waals surface area contributed by atoms with Gasteiger partial charge >= 0.3 is 5.97 Å². The molecule has 0 aliphatic carbocycles. The molecule has 5 nitrogen and oxygen atoms in total. The molecule has 0 fully saturated rings. The number of hydrogen-bond acceptors (Lipinski definition) is 5. The molecule has 0 spiro atoms. The van der Waals surface area contributed by atoms with E-state index in [0.29, 0.717) is 11.1 Å². The molecule has 0 amide bonds. The fourth-order valence-corrected chi connectivity index (χ4v) is 3.63. The molecule has 0 N–H and O–H groups in total. The summed E-state index contributed by atoms with van der Waals surface area (Å²) in [5.74, 6) is -0.958. The largest absolute Gasteiger partial charge is 0.454 e. The van der Waals surface area contributed by atoms with E-state index in [-0.39, 0.29) is 23.7 Å². The summed E-state index contributed by atoms with van der Waals surface area (Å²) in [6.07, 6.45) is 1.15. The first-order valence-electron chi connectivity index (χ1n) is 8.54. The third-order valence-corrected chi connectivity index (χ3v) is 5.59. The van der Waals surface area contributed by atoms with Gasteiger partial charge < -0.3 is 4.74 Å². The smallest absolute Gasteiger partial charge is 0.338 e. The molecule has 2 rings (SSSR count). The number of sulfone groups is 1. The zero-order valence-corrected chi connectivity index (χ0v) is 17.1. The Hall–Kier alpha value is -2.47. The summed E-state index contributed by atoms with van der Waals surface area (Å²) in [5, 5.41) is 0. The topological polar surface area (TPSA) is 77.5 Å². The lowest BCUT2D eigenvalue weighted by Gasteiger charge is -2.13. The van der Waals surface area contributed by atoms with Crippen LogP contribution in [0.15, 0.2) is 30.3 Å². The van der Waals surface area contributed by atoms with Gasteiger partial charge in [0.15, 0.2) is 16.4 Å². The van der Waals surface area contributed by atoms with Crippen molar-refractivity contribution in [3.05, 3.63) is 69.3 Å². The molecule has 0 unspecified atom stereocenters. The molecule has 144 valence electrons. The first-order chi connectivity index (χ1) is 12.5. The molecule has 0 atom stereocenters. The maximum absolute atomic E-state index is 12.5. The van der Waals surface area contributed by atoms with Crippen molar-refractivity contribution in [1.82, 2.24) is 0 Å². The lowest BCUT2D eigenvalue weighted by atomic mass is 9.93. The SMILES string of the molecule is Cc1cc(C(=O)COC(=O)c2ccc(CS(C)(=O)=O)cc2)c(C)c(C)c1C. The van der Waals surface area contributed by atoms with E-state index in [4.69, 9.17) is 4.74 Å². The first kappa shape index (κ1) is 20.8. The minimum atomic E-state index is -3.14. The summed E-state index contributed by atoms with van der Waals surface area (Å²) in [6.45, 7) is 7.48. The Kier molecular flexibility index (Phi) is 6.21. The van der Waals surface area contributed by atoms with E-state index in [1.807, 2.05) is 33.8 Å². The number of hydrogen-bond donors (Lipinski definition) is 0. The van der Waals surface area contributed by atoms with E-state index < -0.39 is 15.8 Å². The Morgan fingerprint density at radius 3 is 2.07 bits per heavy atom. The van der Waals surface area contributed by atoms with Gasteiger partial charge in [-0.15, -0.1) is 0 Å². The normalized spacial score (nSPS) is 11.3. The van der Waals surface area contributed by atoms with Crippen LogP contribution in [-0.2, 0) is 20.3 Å². The molecule has 27 heavy (non-hydrogen) atoms. The van der Waals surface area contributed by atoms with Crippen LogP contribution in [0, 0.1) is 27.7 Å². The Morgan fingerprint density at radius 1 is 0.926 bits per heavy atom. The van der Waals surface area contributed by atoms with Crippen LogP contribution in [0.1, 0.15) is 48.5 Å². The van der Waals surface area contributed by atoms with E-state index in [2.05, 4.69) is 0 Å². The molecule has 0 radical (unpaired) electrons. The van der Waals surface area contributed by atoms with Crippen molar-refractivity contribution in [2.75, 3.05) is 12.9 Å². The van der Waals surface area contributed by atoms with Gasteiger partial charge in [0, 0.05) is 11.8 Å². The number of carbonyl (C=O) groups excluding carboxylic acids is 2. The molecule has 0 aliphatic rings. The standard InChI is InChI=1S/C21H24O5S/c1-13-10-19(16(4)15(3)14(13)2)20(22)11-26-21(23)18-8-6-17(7-9-18)12-27(5,24)25/h6-10H,11-12H2,1-5H3. The van der Waals surface area contributed by atoms with Crippen molar-refractivity contribution in [3.8, 4) is 0 Å². The second-order valence-corrected chi connectivity index (χ2v) is 9.02. The summed E-state index contributed by atoms with van der Waals surface area (Å²) in [7, 11) is -3.14. The zero-order valence-electron chi connectivity index (χ0n) is 16.3. The minimum Gasteiger partial charge on any atom is -0.454 e. The van der Waals surface area contributed by atoms with E-state index in [1.54, 1.807) is 12.1 Å². The maximum Gasteiger partial charge on any atom is 0.338 e. The van der Waals surface area contributed by atoms with Gasteiger partial charge in [0.2, 0.25) is 5.78 Å². The maximum atomic E-state index is 12.5. The number of esters is 1. The number of Topliss-reactive ketones (excluding diaryl/α,β-unsaturated/α-hetero) is 1. The van der Waals surface area contributed by atoms with Crippen molar-refractivity contribution in [2.45, 2.75) is 33.4 Å². The van der Waals surface area contributed by atoms with Gasteiger partial charge in [0.1, 0.15) is 0 Å². The molecule has 2 aromatic carbocycles. The summed E-state index contributed by atoms with van der Waals surface area (Å²) < 4.78 is 27.7. The number of benzene rings is 2. The number of ether oxygens (including phenoxy) is 1. The summed E-state index contributed by atoms with van der Waals surface area (Å²) in [5.41, 5.74) is 5.55. The zero-order chi connectivity index (χ0) is 20.4. The van der Waals surface area contributed by atoms with Crippen LogP contribution in [0.25, 0.3) is 0 Å². The molecule has 0 saturated heterocycles. The second kappa shape index (κ2) is 8.05. The van der Waals surface area contributed by atoms with E-state index in [9.17, 15) is 18.0 Å². The molecule has 0 saturated carbocycles. The Bertz CT molecular complexity index is 986. The van der Waals surface area contributed by atoms with Crippen LogP contribution in [0.5, 0.6) is 0 Å². The molecule has 6 heteroatoms. The Balaban J connectivity index is 2.06. The summed E-state index contributed by atoms with van der Waals surface area (Å²) in [4.78, 5) is 24.6. The fourth-order valence-electron chi connectivity index (χ4n) is 2.83. The van der Waals surface area contributed by atoms with Crippen molar-refractivity contribution in [2.24, 2.45) is 0 Å². The average Bonchev–Trinajstić information content (AvgIpc) is 2.60. The van der Waals surface area contributed by atoms with Crippen LogP contribution in [0.2, 0.25) is 0 Å². The van der Waals surface area contributed by atoms with Gasteiger partial charge in [-0.25, -0.2) is 13.2 Å². The van der Waals surface area contributed by atoms with Crippen molar-refractivity contribution in [1.29, 1.82) is 0 Å². The van der Waals surface area contributed by atoms with E-state index >= 15 is 0 Å². The van der Waals surface area contributed by atoms with Gasteiger partial charge in [-0.2, -0.15) is 0 Å². The molecule has 0 aromatic heterocycles. The molecule has 0 aliphatic heterocycles. The molecular formula is C21H24O5S. The minimum absolute atomic E-state index is 0.0911. The van der Waals surface area contributed by atoms with E-state index in [1.165, 1.54) is 12.1 Å². The third kappa shape index (κ3) is 5.26. The van der Waals surface area contributed by atoms with Crippen molar-refractivity contribution < 1.29 is 22.7 Å². The van der Waals surface area contributed by atoms with Crippen LogP contribution in [-0.4, -0.2) is 33.0 Å². The highest BCUT2D eigenvalue weighted by Gasteiger charge is 2.16. The van der Waals surface area contributed by atoms with Crippen LogP contribution < -0.4 is 0 Å². The van der Waals surface area contributed by atoms with Gasteiger partial charge in [-0.05, 0) is 73.7 Å². The fraction of sp³-hybridized carbons (Fsp3) is 0.333. The predicted molar refractivity (Wildman–Crippen MR) is 105 cm³/mol. The number of rotatable bonds is 6. The molecule has 0 bridgehead atoms. The Labute approximate surface area is 160 Å². The first-order valence-corrected chi connectivity index (χ1v) is 10.6. The number of ketones is 1. The van der Waals surface area contributed by atoms with Crippen LogP contribution in [0.3, 0.4) is 0 Å². The highest BCUT2D eigenvalue weighted by atomic mass is 32.2. The average molecular weight is 388 g/mol. The monoisotopic (exact) mass is 388 g/mol. The molecule has 2 aromatic rings. The number of aryl methyl sites for hydroxylation is 1. The lowest BCUT2D eigenvalue weighted by molar-refractivity contribution is 0.0474. The predicted octanol–water partition coefficient (Wildman–Crippen LogP) is 3.50. The van der Waals surface area contributed by atoms with Crippen molar-refractivity contribution >= 4 is 21.6 Å². The highest BCUT2D eigenvalue weighted by Crippen LogP contribution is 2.21. The molecular weight excluding hydrogens is 364 g/mol. The summed E-state index contributed by atoms with van der Waals surface area (Å²) in [6, 6.07) is 7.96. The molecule has 0 heterocycles. The van der Waals surface area contributed by atoms with Crippen molar-refractivity contribution in [3.63, 3.8) is 0 Å². The van der Waals surface area contributed by atoms with E-state index in [0.717, 1.165) is 28.5 Å². The van der Waals surface area contributed by atoms with Crippen LogP contribution in [0.4, 0.5) is 0 Å². The number of carbonyl (C=O) groups is 2. The van der Waals surface area contributed by atoms with Gasteiger partial charge in [-0.1, -0.05) is 12.1 Å². The highest BCUT2D eigenvalue weighted by molar-refractivity contribution is 7.89. The Morgan fingerprint density at radius 2 is 1.52 bits per heavy atom. The quantitative estimate of drug-likeness (QED) is 0.559.